The predicted octanol–water partition coefficient (Wildman–Crippen LogP) is 2.66. The minimum Gasteiger partial charge on any atom is -0.465 e. The fourth-order valence-corrected chi connectivity index (χ4v) is 6.39. The highest BCUT2D eigenvalue weighted by Crippen LogP contribution is 2.30. The molecule has 0 saturated carbocycles. The molecule has 2 heterocycles. The van der Waals surface area contributed by atoms with Crippen molar-refractivity contribution >= 4 is 45.1 Å². The van der Waals surface area contributed by atoms with E-state index in [9.17, 15) is 13.2 Å². The molecule has 0 spiro atoms. The fraction of sp³-hybridized carbons (Fsp3) is 0.429. The Morgan fingerprint density at radius 2 is 1.81 bits per heavy atom. The molecular formula is C21H27N3O5S3. The van der Waals surface area contributed by atoms with Crippen LogP contribution < -0.4 is 5.32 Å². The number of hydrogen-bond donors (Lipinski definition) is 1. The van der Waals surface area contributed by atoms with Crippen LogP contribution in [-0.2, 0) is 14.8 Å². The third-order valence-electron chi connectivity index (χ3n) is 5.11. The number of sulfonamides is 1. The number of carbonyl (C=O) groups excluding carboxylic acids is 1. The summed E-state index contributed by atoms with van der Waals surface area (Å²) in [5.74, 6) is 0.549. The molecule has 1 saturated heterocycles. The Morgan fingerprint density at radius 1 is 1.16 bits per heavy atom. The molecule has 8 nitrogen and oxygen atoms in total. The number of rotatable bonds is 7. The van der Waals surface area contributed by atoms with Crippen LogP contribution in [0.1, 0.15) is 21.9 Å². The molecule has 1 aliphatic heterocycles. The van der Waals surface area contributed by atoms with Crippen LogP contribution in [0, 0.1) is 13.8 Å². The SMILES string of the molecule is COC(=O)c1c(C)oc(C)c1S(=O)(=O)N1CCN(C(=S)NCCSc2ccccc2)CC1. The number of methoxy groups -OCH3 is 1. The van der Waals surface area contributed by atoms with Gasteiger partial charge < -0.3 is 19.4 Å². The highest BCUT2D eigenvalue weighted by atomic mass is 32.2. The molecule has 0 aliphatic carbocycles. The lowest BCUT2D eigenvalue weighted by atomic mass is 10.2. The minimum atomic E-state index is -3.91. The summed E-state index contributed by atoms with van der Waals surface area (Å²) in [4.78, 5) is 15.2. The molecule has 11 heteroatoms. The smallest absolute Gasteiger partial charge is 0.342 e. The predicted molar refractivity (Wildman–Crippen MR) is 128 cm³/mol. The zero-order valence-corrected chi connectivity index (χ0v) is 20.7. The van der Waals surface area contributed by atoms with E-state index in [0.29, 0.717) is 24.7 Å². The van der Waals surface area contributed by atoms with Gasteiger partial charge in [-0.25, -0.2) is 13.2 Å². The average Bonchev–Trinajstić information content (AvgIpc) is 3.11. The van der Waals surface area contributed by atoms with Gasteiger partial charge in [0.1, 0.15) is 22.0 Å². The molecular weight excluding hydrogens is 470 g/mol. The van der Waals surface area contributed by atoms with Crippen molar-refractivity contribution in [2.24, 2.45) is 0 Å². The topological polar surface area (TPSA) is 92.1 Å². The number of nitrogens with one attached hydrogen (secondary N) is 1. The molecule has 0 unspecified atom stereocenters. The number of furan rings is 1. The van der Waals surface area contributed by atoms with Crippen LogP contribution in [0.15, 0.2) is 44.5 Å². The van der Waals surface area contributed by atoms with E-state index in [1.165, 1.54) is 23.2 Å². The Bertz CT molecular complexity index is 1060. The maximum Gasteiger partial charge on any atom is 0.342 e. The number of esters is 1. The van der Waals surface area contributed by atoms with E-state index in [-0.39, 0.29) is 35.1 Å². The Hall–Kier alpha value is -2.08. The summed E-state index contributed by atoms with van der Waals surface area (Å²) in [6.07, 6.45) is 0. The van der Waals surface area contributed by atoms with Gasteiger partial charge in [-0.1, -0.05) is 18.2 Å². The summed E-state index contributed by atoms with van der Waals surface area (Å²) < 4.78 is 38.1. The van der Waals surface area contributed by atoms with Crippen LogP contribution in [-0.4, -0.2) is 74.3 Å². The number of piperazine rings is 1. The van der Waals surface area contributed by atoms with Crippen molar-refractivity contribution < 1.29 is 22.4 Å². The van der Waals surface area contributed by atoms with E-state index >= 15 is 0 Å². The van der Waals surface area contributed by atoms with Crippen LogP contribution in [0.3, 0.4) is 0 Å². The van der Waals surface area contributed by atoms with E-state index in [0.717, 1.165) is 5.75 Å². The molecule has 174 valence electrons. The second-order valence-corrected chi connectivity index (χ2v) is 10.6. The molecule has 1 aliphatic rings. The number of carbonyl (C=O) groups is 1. The van der Waals surface area contributed by atoms with Gasteiger partial charge in [0.15, 0.2) is 5.11 Å². The highest BCUT2D eigenvalue weighted by Gasteiger charge is 2.37. The summed E-state index contributed by atoms with van der Waals surface area (Å²) >= 11 is 7.23. The van der Waals surface area contributed by atoms with Gasteiger partial charge >= 0.3 is 5.97 Å². The zero-order valence-electron chi connectivity index (χ0n) is 18.3. The normalized spacial score (nSPS) is 14.9. The van der Waals surface area contributed by atoms with Gasteiger partial charge in [0.2, 0.25) is 10.0 Å². The van der Waals surface area contributed by atoms with Gasteiger partial charge in [-0.2, -0.15) is 4.31 Å². The summed E-state index contributed by atoms with van der Waals surface area (Å²) in [6.45, 7) is 5.24. The van der Waals surface area contributed by atoms with Crippen LogP contribution in [0.5, 0.6) is 0 Å². The molecule has 32 heavy (non-hydrogen) atoms. The summed E-state index contributed by atoms with van der Waals surface area (Å²) in [7, 11) is -2.70. The van der Waals surface area contributed by atoms with Crippen molar-refractivity contribution in [3.63, 3.8) is 0 Å². The Morgan fingerprint density at radius 3 is 2.44 bits per heavy atom. The maximum absolute atomic E-state index is 13.3. The Labute approximate surface area is 198 Å². The molecule has 1 aromatic heterocycles. The van der Waals surface area contributed by atoms with Gasteiger partial charge in [0.05, 0.1) is 7.11 Å². The molecule has 0 bridgehead atoms. The fourth-order valence-electron chi connectivity index (χ4n) is 3.53. The Balaban J connectivity index is 1.56. The first-order valence-electron chi connectivity index (χ1n) is 10.1. The van der Waals surface area contributed by atoms with E-state index in [1.54, 1.807) is 18.7 Å². The Kier molecular flexibility index (Phi) is 8.21. The van der Waals surface area contributed by atoms with E-state index in [2.05, 4.69) is 17.4 Å². The second-order valence-electron chi connectivity index (χ2n) is 7.19. The van der Waals surface area contributed by atoms with E-state index in [4.69, 9.17) is 21.4 Å². The molecule has 3 rings (SSSR count). The van der Waals surface area contributed by atoms with Crippen molar-refractivity contribution in [3.05, 3.63) is 47.4 Å². The zero-order chi connectivity index (χ0) is 23.3. The minimum absolute atomic E-state index is 0.0412. The van der Waals surface area contributed by atoms with Gasteiger partial charge in [0.25, 0.3) is 0 Å². The van der Waals surface area contributed by atoms with Crippen molar-refractivity contribution in [2.75, 3.05) is 45.6 Å². The monoisotopic (exact) mass is 497 g/mol. The van der Waals surface area contributed by atoms with Crippen molar-refractivity contribution in [1.29, 1.82) is 0 Å². The maximum atomic E-state index is 13.3. The number of ether oxygens (including phenoxy) is 1. The third kappa shape index (κ3) is 5.45. The first-order valence-corrected chi connectivity index (χ1v) is 13.0. The van der Waals surface area contributed by atoms with Crippen molar-refractivity contribution in [3.8, 4) is 0 Å². The van der Waals surface area contributed by atoms with Crippen molar-refractivity contribution in [1.82, 2.24) is 14.5 Å². The number of thioether (sulfide) groups is 1. The molecule has 1 aromatic carbocycles. The lowest BCUT2D eigenvalue weighted by molar-refractivity contribution is 0.0594. The molecule has 2 aromatic rings. The summed E-state index contributed by atoms with van der Waals surface area (Å²) in [6, 6.07) is 10.1. The van der Waals surface area contributed by atoms with Gasteiger partial charge in [-0.05, 0) is 38.2 Å². The summed E-state index contributed by atoms with van der Waals surface area (Å²) in [5.41, 5.74) is -0.0412. The van der Waals surface area contributed by atoms with Crippen molar-refractivity contribution in [2.45, 2.75) is 23.6 Å². The van der Waals surface area contributed by atoms with Gasteiger partial charge in [-0.3, -0.25) is 0 Å². The van der Waals surface area contributed by atoms with E-state index in [1.807, 2.05) is 23.1 Å². The third-order valence-corrected chi connectivity index (χ3v) is 8.58. The lowest BCUT2D eigenvalue weighted by Gasteiger charge is -2.35. The number of thiocarbonyl (C=S) groups is 1. The molecule has 0 radical (unpaired) electrons. The first-order chi connectivity index (χ1) is 15.3. The van der Waals surface area contributed by atoms with Gasteiger partial charge in [0, 0.05) is 43.4 Å². The molecule has 0 atom stereocenters. The molecule has 1 N–H and O–H groups in total. The number of aryl methyl sites for hydroxylation is 2. The van der Waals surface area contributed by atoms with Crippen LogP contribution in [0.2, 0.25) is 0 Å². The average molecular weight is 498 g/mol. The first kappa shape index (κ1) is 24.6. The quantitative estimate of drug-likeness (QED) is 0.268. The van der Waals surface area contributed by atoms with Crippen LogP contribution in [0.4, 0.5) is 0 Å². The van der Waals surface area contributed by atoms with Crippen LogP contribution >= 0.6 is 24.0 Å². The van der Waals surface area contributed by atoms with Crippen LogP contribution in [0.25, 0.3) is 0 Å². The highest BCUT2D eigenvalue weighted by molar-refractivity contribution is 7.99. The number of hydrogen-bond acceptors (Lipinski definition) is 7. The lowest BCUT2D eigenvalue weighted by Crippen LogP contribution is -2.53. The second kappa shape index (κ2) is 10.7. The largest absolute Gasteiger partial charge is 0.465 e. The molecule has 0 amide bonds. The standard InChI is InChI=1S/C21H27N3O5S3/c1-15-18(20(25)28-3)19(16(2)29-15)32(26,27)24-12-10-23(11-13-24)21(30)22-9-14-31-17-7-5-4-6-8-17/h4-8H,9-14H2,1-3H3,(H,22,30). The number of nitrogens with zero attached hydrogens (tertiary/aromatic N) is 2. The number of benzene rings is 1. The molecule has 1 fully saturated rings. The van der Waals surface area contributed by atoms with Gasteiger partial charge in [-0.15, -0.1) is 11.8 Å². The van der Waals surface area contributed by atoms with E-state index < -0.39 is 16.0 Å². The summed E-state index contributed by atoms with van der Waals surface area (Å²) in [5, 5.41) is 3.86.